The van der Waals surface area contributed by atoms with Gasteiger partial charge in [-0.1, -0.05) is 25.8 Å². The molecule has 1 saturated heterocycles. The third-order valence-corrected chi connectivity index (χ3v) is 2.84. The van der Waals surface area contributed by atoms with Crippen LogP contribution in [-0.2, 0) is 4.79 Å². The smallest absolute Gasteiger partial charge is 0.255 e. The second-order valence-corrected chi connectivity index (χ2v) is 4.23. The van der Waals surface area contributed by atoms with Crippen LogP contribution in [0.25, 0.3) is 0 Å². The number of allylic oxidation sites excluding steroid dienone is 1. The Balaban J connectivity index is 2.61. The van der Waals surface area contributed by atoms with Gasteiger partial charge in [-0.15, -0.1) is 0 Å². The molecule has 0 bridgehead atoms. The van der Waals surface area contributed by atoms with Crippen molar-refractivity contribution in [1.29, 1.82) is 0 Å². The van der Waals surface area contributed by atoms with Gasteiger partial charge in [0.05, 0.1) is 5.57 Å². The molecule has 1 fully saturated rings. The fourth-order valence-corrected chi connectivity index (χ4v) is 1.85. The first-order valence-corrected chi connectivity index (χ1v) is 6.42. The molecule has 1 N–H and O–H groups in total. The Morgan fingerprint density at radius 1 is 1.41 bits per heavy atom. The molecule has 1 amide bonds. The molecule has 1 rings (SSSR count). The molecule has 0 spiro atoms. The van der Waals surface area contributed by atoms with Gasteiger partial charge in [-0.05, 0) is 6.42 Å². The minimum atomic E-state index is 0.119. The Bertz CT molecular complexity index is 291. The van der Waals surface area contributed by atoms with Gasteiger partial charge in [0.15, 0.2) is 0 Å². The predicted molar refractivity (Wildman–Crippen MR) is 71.5 cm³/mol. The van der Waals surface area contributed by atoms with E-state index in [2.05, 4.69) is 17.2 Å². The maximum atomic E-state index is 12.2. The van der Waals surface area contributed by atoms with Gasteiger partial charge in [-0.2, -0.15) is 0 Å². The van der Waals surface area contributed by atoms with E-state index in [-0.39, 0.29) is 5.91 Å². The molecule has 1 aliphatic rings. The minimum absolute atomic E-state index is 0.119. The summed E-state index contributed by atoms with van der Waals surface area (Å²) < 4.78 is 0. The second-order valence-electron chi connectivity index (χ2n) is 4.23. The lowest BCUT2D eigenvalue weighted by Gasteiger charge is -2.27. The molecule has 0 aromatic carbocycles. The molecule has 0 atom stereocenters. The molecular formula is C13H23N3O. The molecule has 0 aromatic heterocycles. The summed E-state index contributed by atoms with van der Waals surface area (Å²) in [6.45, 7) is 5.51. The summed E-state index contributed by atoms with van der Waals surface area (Å²) in [5, 5.41) is 3.25. The topological polar surface area (TPSA) is 44.7 Å². The first kappa shape index (κ1) is 13.9. The molecule has 4 nitrogen and oxygen atoms in total. The van der Waals surface area contributed by atoms with Gasteiger partial charge in [0.25, 0.3) is 5.91 Å². The summed E-state index contributed by atoms with van der Waals surface area (Å²) in [6, 6.07) is 0. The van der Waals surface area contributed by atoms with Crippen molar-refractivity contribution >= 4 is 12.1 Å². The van der Waals surface area contributed by atoms with Crippen LogP contribution in [0.5, 0.6) is 0 Å². The highest BCUT2D eigenvalue weighted by atomic mass is 16.2. The fraction of sp³-hybridized carbons (Fsp3) is 0.692. The zero-order chi connectivity index (χ0) is 12.5. The quantitative estimate of drug-likeness (QED) is 0.444. The molecule has 1 heterocycles. The number of rotatable bonds is 5. The lowest BCUT2D eigenvalue weighted by atomic mass is 10.1. The van der Waals surface area contributed by atoms with E-state index < -0.39 is 0 Å². The molecule has 4 heteroatoms. The standard InChI is InChI=1S/C13H23N3O/c1-3-4-5-6-12(11-14-2)13(17)16-9-7-15-8-10-16/h6,11,15H,3-5,7-10H2,1-2H3/b12-6+,14-11?. The van der Waals surface area contributed by atoms with E-state index in [9.17, 15) is 4.79 Å². The van der Waals surface area contributed by atoms with Crippen molar-refractivity contribution < 1.29 is 4.79 Å². The van der Waals surface area contributed by atoms with Crippen molar-refractivity contribution in [2.75, 3.05) is 33.2 Å². The number of hydrogen-bond donors (Lipinski definition) is 1. The zero-order valence-corrected chi connectivity index (χ0v) is 10.9. The molecule has 96 valence electrons. The maximum absolute atomic E-state index is 12.2. The van der Waals surface area contributed by atoms with E-state index in [1.807, 2.05) is 11.0 Å². The van der Waals surface area contributed by atoms with Crippen LogP contribution in [0.2, 0.25) is 0 Å². The average molecular weight is 237 g/mol. The number of carbonyl (C=O) groups excluding carboxylic acids is 1. The summed E-state index contributed by atoms with van der Waals surface area (Å²) in [6.07, 6.45) is 6.92. The lowest BCUT2D eigenvalue weighted by molar-refractivity contribution is -0.127. The first-order chi connectivity index (χ1) is 8.29. The second kappa shape index (κ2) is 8.01. The van der Waals surface area contributed by atoms with Gasteiger partial charge in [-0.3, -0.25) is 9.79 Å². The lowest BCUT2D eigenvalue weighted by Crippen LogP contribution is -2.47. The van der Waals surface area contributed by atoms with Gasteiger partial charge in [0.2, 0.25) is 0 Å². The number of hydrogen-bond acceptors (Lipinski definition) is 3. The van der Waals surface area contributed by atoms with E-state index in [4.69, 9.17) is 0 Å². The van der Waals surface area contributed by atoms with Gasteiger partial charge in [0.1, 0.15) is 0 Å². The van der Waals surface area contributed by atoms with Crippen molar-refractivity contribution in [3.63, 3.8) is 0 Å². The number of amides is 1. The SMILES string of the molecule is CCCC/C=C(\C=NC)C(=O)N1CCNCC1. The van der Waals surface area contributed by atoms with Gasteiger partial charge in [-0.25, -0.2) is 0 Å². The van der Waals surface area contributed by atoms with Crippen LogP contribution in [0.4, 0.5) is 0 Å². The van der Waals surface area contributed by atoms with Crippen LogP contribution < -0.4 is 5.32 Å². The monoisotopic (exact) mass is 237 g/mol. The van der Waals surface area contributed by atoms with E-state index in [0.29, 0.717) is 0 Å². The van der Waals surface area contributed by atoms with Crippen LogP contribution in [-0.4, -0.2) is 50.2 Å². The van der Waals surface area contributed by atoms with Crippen LogP contribution in [0.1, 0.15) is 26.2 Å². The van der Waals surface area contributed by atoms with Crippen molar-refractivity contribution in [2.24, 2.45) is 4.99 Å². The summed E-state index contributed by atoms with van der Waals surface area (Å²) in [7, 11) is 1.71. The third kappa shape index (κ3) is 4.69. The van der Waals surface area contributed by atoms with E-state index in [1.54, 1.807) is 13.3 Å². The number of nitrogens with zero attached hydrogens (tertiary/aromatic N) is 2. The van der Waals surface area contributed by atoms with Crippen LogP contribution in [0.3, 0.4) is 0 Å². The Kier molecular flexibility index (Phi) is 6.55. The van der Waals surface area contributed by atoms with E-state index in [0.717, 1.165) is 51.0 Å². The van der Waals surface area contributed by atoms with E-state index in [1.165, 1.54) is 0 Å². The number of carbonyl (C=O) groups is 1. The summed E-state index contributed by atoms with van der Waals surface area (Å²) in [5.74, 6) is 0.119. The van der Waals surface area contributed by atoms with Crippen LogP contribution >= 0.6 is 0 Å². The van der Waals surface area contributed by atoms with Crippen molar-refractivity contribution in [3.05, 3.63) is 11.6 Å². The number of aliphatic imine (C=N–C) groups is 1. The van der Waals surface area contributed by atoms with Crippen LogP contribution in [0.15, 0.2) is 16.6 Å². The Labute approximate surface area is 104 Å². The van der Waals surface area contributed by atoms with Crippen molar-refractivity contribution in [2.45, 2.75) is 26.2 Å². The third-order valence-electron chi connectivity index (χ3n) is 2.84. The van der Waals surface area contributed by atoms with Crippen molar-refractivity contribution in [1.82, 2.24) is 10.2 Å². The normalized spacial score (nSPS) is 17.8. The molecule has 0 radical (unpaired) electrons. The minimum Gasteiger partial charge on any atom is -0.336 e. The summed E-state index contributed by atoms with van der Waals surface area (Å²) >= 11 is 0. The van der Waals surface area contributed by atoms with Gasteiger partial charge in [0, 0.05) is 39.4 Å². The number of nitrogens with one attached hydrogen (secondary N) is 1. The number of piperazine rings is 1. The molecule has 0 saturated carbocycles. The number of unbranched alkanes of at least 4 members (excludes halogenated alkanes) is 2. The van der Waals surface area contributed by atoms with Gasteiger partial charge < -0.3 is 10.2 Å². The molecule has 0 unspecified atom stereocenters. The molecule has 1 aliphatic heterocycles. The first-order valence-electron chi connectivity index (χ1n) is 6.42. The molecule has 0 aliphatic carbocycles. The predicted octanol–water partition coefficient (Wildman–Crippen LogP) is 1.24. The summed E-state index contributed by atoms with van der Waals surface area (Å²) in [4.78, 5) is 18.1. The average Bonchev–Trinajstić information content (AvgIpc) is 2.38. The summed E-state index contributed by atoms with van der Waals surface area (Å²) in [5.41, 5.74) is 0.739. The largest absolute Gasteiger partial charge is 0.336 e. The van der Waals surface area contributed by atoms with Crippen LogP contribution in [0, 0.1) is 0 Å². The molecule has 0 aromatic rings. The highest BCUT2D eigenvalue weighted by molar-refractivity contribution is 6.12. The maximum Gasteiger partial charge on any atom is 0.255 e. The molecular weight excluding hydrogens is 214 g/mol. The zero-order valence-electron chi connectivity index (χ0n) is 10.9. The highest BCUT2D eigenvalue weighted by Crippen LogP contribution is 2.05. The highest BCUT2D eigenvalue weighted by Gasteiger charge is 2.18. The molecule has 17 heavy (non-hydrogen) atoms. The van der Waals surface area contributed by atoms with E-state index >= 15 is 0 Å². The fourth-order valence-electron chi connectivity index (χ4n) is 1.85. The Hall–Kier alpha value is -1.16. The van der Waals surface area contributed by atoms with Crippen molar-refractivity contribution in [3.8, 4) is 0 Å². The van der Waals surface area contributed by atoms with Gasteiger partial charge >= 0.3 is 0 Å². The Morgan fingerprint density at radius 2 is 2.12 bits per heavy atom. The Morgan fingerprint density at radius 3 is 2.71 bits per heavy atom.